The van der Waals surface area contributed by atoms with Gasteiger partial charge in [-0.2, -0.15) is 0 Å². The molecule has 3 N–H and O–H groups in total. The monoisotopic (exact) mass is 631 g/mol. The molecule has 1 heterocycles. The molecular formula is C34H37N3O9. The minimum absolute atomic E-state index is 0.195. The Morgan fingerprint density at radius 3 is 2.20 bits per heavy atom. The third-order valence-corrected chi connectivity index (χ3v) is 6.80. The van der Waals surface area contributed by atoms with Gasteiger partial charge in [-0.05, 0) is 64.4 Å². The molecule has 0 saturated heterocycles. The van der Waals surface area contributed by atoms with Gasteiger partial charge in [-0.25, -0.2) is 4.79 Å². The van der Waals surface area contributed by atoms with Crippen LogP contribution in [0, 0.1) is 6.92 Å². The zero-order valence-corrected chi connectivity index (χ0v) is 26.9. The first-order chi connectivity index (χ1) is 21.7. The molecule has 12 nitrogen and oxygen atoms in total. The van der Waals surface area contributed by atoms with Gasteiger partial charge in [0.2, 0.25) is 11.7 Å². The van der Waals surface area contributed by atoms with Gasteiger partial charge >= 0.3 is 6.09 Å². The van der Waals surface area contributed by atoms with Crippen molar-refractivity contribution < 1.29 is 37.7 Å². The second-order valence-corrected chi connectivity index (χ2v) is 11.4. The number of ether oxygens (including phenoxy) is 4. The van der Waals surface area contributed by atoms with Crippen LogP contribution in [-0.4, -0.2) is 50.9 Å². The minimum atomic E-state index is -0.893. The maximum absolute atomic E-state index is 13.4. The van der Waals surface area contributed by atoms with Crippen LogP contribution in [0.25, 0.3) is 22.3 Å². The summed E-state index contributed by atoms with van der Waals surface area (Å²) >= 11 is 0. The predicted molar refractivity (Wildman–Crippen MR) is 174 cm³/mol. The van der Waals surface area contributed by atoms with Gasteiger partial charge < -0.3 is 39.3 Å². The first-order valence-electron chi connectivity index (χ1n) is 14.3. The Morgan fingerprint density at radius 2 is 1.54 bits per heavy atom. The van der Waals surface area contributed by atoms with Crippen molar-refractivity contribution in [3.05, 3.63) is 75.9 Å². The fourth-order valence-electron chi connectivity index (χ4n) is 4.62. The molecule has 0 bridgehead atoms. The fraction of sp³-hybridized carbons (Fsp3) is 0.294. The van der Waals surface area contributed by atoms with Crippen molar-refractivity contribution in [2.75, 3.05) is 32.0 Å². The fourth-order valence-corrected chi connectivity index (χ4v) is 4.62. The van der Waals surface area contributed by atoms with Gasteiger partial charge in [0.1, 0.15) is 28.4 Å². The number of nitrogens with one attached hydrogen (secondary N) is 3. The quantitative estimate of drug-likeness (QED) is 0.205. The van der Waals surface area contributed by atoms with Gasteiger partial charge in [0.15, 0.2) is 16.9 Å². The Bertz CT molecular complexity index is 1860. The van der Waals surface area contributed by atoms with Gasteiger partial charge in [-0.15, -0.1) is 0 Å². The van der Waals surface area contributed by atoms with Crippen LogP contribution in [0.15, 0.2) is 63.8 Å². The number of benzene rings is 3. The maximum atomic E-state index is 13.4. The number of rotatable bonds is 9. The summed E-state index contributed by atoms with van der Waals surface area (Å²) < 4.78 is 27.5. The van der Waals surface area contributed by atoms with E-state index < -0.39 is 29.6 Å². The van der Waals surface area contributed by atoms with Crippen LogP contribution in [0.2, 0.25) is 0 Å². The second-order valence-electron chi connectivity index (χ2n) is 11.4. The van der Waals surface area contributed by atoms with Crippen LogP contribution < -0.4 is 35.6 Å². The molecular weight excluding hydrogens is 594 g/mol. The molecule has 0 spiro atoms. The Kier molecular flexibility index (Phi) is 9.89. The number of amides is 3. The van der Waals surface area contributed by atoms with Crippen LogP contribution in [0.3, 0.4) is 0 Å². The van der Waals surface area contributed by atoms with E-state index in [-0.39, 0.29) is 33.7 Å². The smallest absolute Gasteiger partial charge is 0.408 e. The lowest BCUT2D eigenvalue weighted by Crippen LogP contribution is -2.44. The summed E-state index contributed by atoms with van der Waals surface area (Å²) in [5, 5.41) is 8.26. The van der Waals surface area contributed by atoms with E-state index in [2.05, 4.69) is 16.0 Å². The van der Waals surface area contributed by atoms with E-state index >= 15 is 0 Å². The van der Waals surface area contributed by atoms with E-state index in [0.29, 0.717) is 33.8 Å². The Morgan fingerprint density at radius 1 is 0.848 bits per heavy atom. The number of hydrogen-bond acceptors (Lipinski definition) is 9. The lowest BCUT2D eigenvalue weighted by Gasteiger charge is -2.21. The summed E-state index contributed by atoms with van der Waals surface area (Å²) in [5.41, 5.74) is 1.51. The Balaban J connectivity index is 1.55. The summed E-state index contributed by atoms with van der Waals surface area (Å²) in [6.07, 6.45) is -0.719. The molecule has 12 heteroatoms. The average Bonchev–Trinajstić information content (AvgIpc) is 2.99. The molecule has 0 unspecified atom stereocenters. The minimum Gasteiger partial charge on any atom is -0.493 e. The molecule has 0 aliphatic rings. The lowest BCUT2D eigenvalue weighted by molar-refractivity contribution is -0.117. The summed E-state index contributed by atoms with van der Waals surface area (Å²) in [5.74, 6) is 0.147. The van der Waals surface area contributed by atoms with Gasteiger partial charge in [0, 0.05) is 34.6 Å². The molecule has 3 amide bonds. The topological polar surface area (TPSA) is 154 Å². The number of carbonyl (C=O) groups excluding carboxylic acids is 3. The molecule has 0 aliphatic heterocycles. The third-order valence-electron chi connectivity index (χ3n) is 6.80. The SMILES string of the molecule is COc1cc2oc(-c3cccc(NC(=O)c4cc(NC(=O)[C@H](C)NC(=O)OC(C)(C)C)ccc4C)c3)cc(=O)c2c(OC)c1OC. The van der Waals surface area contributed by atoms with Crippen molar-refractivity contribution in [2.45, 2.75) is 46.3 Å². The molecule has 242 valence electrons. The molecule has 46 heavy (non-hydrogen) atoms. The van der Waals surface area contributed by atoms with E-state index in [9.17, 15) is 19.2 Å². The van der Waals surface area contributed by atoms with E-state index in [1.807, 2.05) is 0 Å². The number of carbonyl (C=O) groups is 3. The van der Waals surface area contributed by atoms with Crippen molar-refractivity contribution in [3.8, 4) is 28.6 Å². The number of anilines is 2. The molecule has 0 fully saturated rings. The molecule has 0 saturated carbocycles. The van der Waals surface area contributed by atoms with Crippen molar-refractivity contribution in [2.24, 2.45) is 0 Å². The first-order valence-corrected chi connectivity index (χ1v) is 14.3. The van der Waals surface area contributed by atoms with Crippen LogP contribution in [0.1, 0.15) is 43.6 Å². The molecule has 3 aromatic carbocycles. The summed E-state index contributed by atoms with van der Waals surface area (Å²) in [6.45, 7) is 8.46. The maximum Gasteiger partial charge on any atom is 0.408 e. The average molecular weight is 632 g/mol. The van der Waals surface area contributed by atoms with Crippen molar-refractivity contribution in [3.63, 3.8) is 0 Å². The normalized spacial score (nSPS) is 11.7. The highest BCUT2D eigenvalue weighted by molar-refractivity contribution is 6.07. The van der Waals surface area contributed by atoms with E-state index in [1.54, 1.807) is 76.2 Å². The van der Waals surface area contributed by atoms with Gasteiger partial charge in [-0.1, -0.05) is 18.2 Å². The molecule has 1 aromatic heterocycles. The summed E-state index contributed by atoms with van der Waals surface area (Å²) in [7, 11) is 4.34. The standard InChI is InChI=1S/C34H37N3O9/c1-18-12-13-22(36-31(39)19(2)35-33(41)46-34(3,4)5)15-23(18)32(40)37-21-11-9-10-20(14-21)25-16-24(38)28-26(45-25)17-27(42-6)29(43-7)30(28)44-8/h9-17,19H,1-8H3,(H,35,41)(H,36,39)(H,37,40)/t19-/m0/s1. The predicted octanol–water partition coefficient (Wildman–Crippen LogP) is 5.90. The Labute approximate surface area is 266 Å². The van der Waals surface area contributed by atoms with Gasteiger partial charge in [0.05, 0.1) is 21.3 Å². The number of alkyl carbamates (subject to hydrolysis) is 1. The lowest BCUT2D eigenvalue weighted by atomic mass is 10.1. The van der Waals surface area contributed by atoms with E-state index in [0.717, 1.165) is 0 Å². The third kappa shape index (κ3) is 7.57. The highest BCUT2D eigenvalue weighted by Crippen LogP contribution is 2.42. The summed E-state index contributed by atoms with van der Waals surface area (Å²) in [4.78, 5) is 51.3. The van der Waals surface area contributed by atoms with Crippen LogP contribution in [0.5, 0.6) is 17.2 Å². The van der Waals surface area contributed by atoms with Crippen LogP contribution in [0.4, 0.5) is 16.2 Å². The number of aryl methyl sites for hydroxylation is 1. The largest absolute Gasteiger partial charge is 0.493 e. The number of fused-ring (bicyclic) bond motifs is 1. The first kappa shape index (κ1) is 33.4. The molecule has 0 radical (unpaired) electrons. The zero-order valence-electron chi connectivity index (χ0n) is 26.9. The zero-order chi connectivity index (χ0) is 33.8. The number of methoxy groups -OCH3 is 3. The molecule has 4 rings (SSSR count). The van der Waals surface area contributed by atoms with Gasteiger partial charge in [0.25, 0.3) is 5.91 Å². The van der Waals surface area contributed by atoms with Crippen molar-refractivity contribution in [1.82, 2.24) is 5.32 Å². The van der Waals surface area contributed by atoms with Crippen molar-refractivity contribution >= 4 is 40.3 Å². The highest BCUT2D eigenvalue weighted by Gasteiger charge is 2.23. The Hall–Kier alpha value is -5.52. The van der Waals surface area contributed by atoms with Gasteiger partial charge in [-0.3, -0.25) is 14.4 Å². The molecule has 4 aromatic rings. The van der Waals surface area contributed by atoms with E-state index in [4.69, 9.17) is 23.4 Å². The highest BCUT2D eigenvalue weighted by atomic mass is 16.6. The molecule has 0 aliphatic carbocycles. The van der Waals surface area contributed by atoms with Crippen LogP contribution >= 0.6 is 0 Å². The summed E-state index contributed by atoms with van der Waals surface area (Å²) in [6, 6.07) is 13.7. The second kappa shape index (κ2) is 13.6. The molecule has 1 atom stereocenters. The number of hydrogen-bond donors (Lipinski definition) is 3. The van der Waals surface area contributed by atoms with Crippen molar-refractivity contribution in [1.29, 1.82) is 0 Å². The van der Waals surface area contributed by atoms with Crippen LogP contribution in [-0.2, 0) is 9.53 Å². The van der Waals surface area contributed by atoms with E-state index in [1.165, 1.54) is 34.3 Å².